The van der Waals surface area contributed by atoms with E-state index in [1.807, 2.05) is 0 Å². The molecule has 0 unspecified atom stereocenters. The molecule has 0 fully saturated rings. The fraction of sp³-hybridized carbons (Fsp3) is 0.250. The molecular weight excluding hydrogens is 140 g/mol. The number of hydrogen-bond acceptors (Lipinski definition) is 4. The number of hydrogen-bond donors (Lipinski definition) is 3. The Bertz CT molecular complexity index is 139. The number of aliphatic imine (C=N–C) groups is 1. The van der Waals surface area contributed by atoms with Crippen molar-refractivity contribution in [3.63, 3.8) is 0 Å². The topological polar surface area (TPSA) is 24.4 Å². The second-order valence-corrected chi connectivity index (χ2v) is 3.06. The molecule has 1 aliphatic rings. The van der Waals surface area contributed by atoms with Gasteiger partial charge in [0, 0.05) is 12.4 Å². The fourth-order valence-electron chi connectivity index (χ4n) is 0.387. The van der Waals surface area contributed by atoms with Gasteiger partial charge >= 0.3 is 0 Å². The second kappa shape index (κ2) is 2.03. The first kappa shape index (κ1) is 6.04. The average Bonchev–Trinajstić information content (AvgIpc) is 1.65. The lowest BCUT2D eigenvalue weighted by Gasteiger charge is -2.19. The molecule has 0 bridgehead atoms. The largest absolute Gasteiger partial charge is 0.351 e. The van der Waals surface area contributed by atoms with Crippen LogP contribution in [-0.2, 0) is 0 Å². The molecule has 1 N–H and O–H groups in total. The van der Waals surface area contributed by atoms with Crippen molar-refractivity contribution in [2.24, 2.45) is 4.99 Å². The SMILES string of the molecule is SC1(S)N=CC=CN1. The Balaban J connectivity index is 2.65. The summed E-state index contributed by atoms with van der Waals surface area (Å²) in [7, 11) is 0. The van der Waals surface area contributed by atoms with Gasteiger partial charge in [-0.25, -0.2) is 4.99 Å². The van der Waals surface area contributed by atoms with Gasteiger partial charge in [-0.15, -0.1) is 25.3 Å². The summed E-state index contributed by atoms with van der Waals surface area (Å²) in [5.74, 6) is 0. The predicted octanol–water partition coefficient (Wildman–Crippen LogP) is 0.645. The first-order valence-corrected chi connectivity index (χ1v) is 3.03. The Morgan fingerprint density at radius 1 is 1.50 bits per heavy atom. The zero-order valence-electron chi connectivity index (χ0n) is 4.07. The van der Waals surface area contributed by atoms with Gasteiger partial charge in [0.2, 0.25) is 4.33 Å². The lowest BCUT2D eigenvalue weighted by atomic mass is 10.6. The molecule has 0 aromatic carbocycles. The highest BCUT2D eigenvalue weighted by Crippen LogP contribution is 2.17. The molecule has 4 heteroatoms. The van der Waals surface area contributed by atoms with Crippen LogP contribution in [0.4, 0.5) is 0 Å². The fourth-order valence-corrected chi connectivity index (χ4v) is 0.670. The molecule has 0 aliphatic carbocycles. The average molecular weight is 146 g/mol. The van der Waals surface area contributed by atoms with E-state index in [0.29, 0.717) is 0 Å². The van der Waals surface area contributed by atoms with Gasteiger partial charge in [0.25, 0.3) is 0 Å². The van der Waals surface area contributed by atoms with Crippen molar-refractivity contribution in [2.45, 2.75) is 4.33 Å². The van der Waals surface area contributed by atoms with E-state index in [4.69, 9.17) is 0 Å². The number of nitrogens with zero attached hydrogens (tertiary/aromatic N) is 1. The Kier molecular flexibility index (Phi) is 1.53. The van der Waals surface area contributed by atoms with Gasteiger partial charge in [-0.1, -0.05) is 0 Å². The molecule has 0 aromatic heterocycles. The molecule has 0 amide bonds. The van der Waals surface area contributed by atoms with E-state index in [1.165, 1.54) is 0 Å². The van der Waals surface area contributed by atoms with E-state index in [2.05, 4.69) is 35.6 Å². The highest BCUT2D eigenvalue weighted by molar-refractivity contribution is 8.00. The van der Waals surface area contributed by atoms with Gasteiger partial charge in [0.05, 0.1) is 0 Å². The second-order valence-electron chi connectivity index (χ2n) is 1.42. The van der Waals surface area contributed by atoms with E-state index >= 15 is 0 Å². The number of allylic oxidation sites excluding steroid dienone is 1. The van der Waals surface area contributed by atoms with Crippen LogP contribution in [0.1, 0.15) is 0 Å². The molecule has 0 saturated heterocycles. The molecule has 1 rings (SSSR count). The van der Waals surface area contributed by atoms with Crippen molar-refractivity contribution >= 4 is 31.5 Å². The molecule has 0 aromatic rings. The summed E-state index contributed by atoms with van der Waals surface area (Å²) in [4.78, 5) is 3.87. The lowest BCUT2D eigenvalue weighted by Crippen LogP contribution is -2.29. The maximum Gasteiger partial charge on any atom is 0.220 e. The van der Waals surface area contributed by atoms with Crippen LogP contribution in [0, 0.1) is 0 Å². The smallest absolute Gasteiger partial charge is 0.220 e. The minimum atomic E-state index is -0.700. The van der Waals surface area contributed by atoms with E-state index in [9.17, 15) is 0 Å². The van der Waals surface area contributed by atoms with E-state index in [-0.39, 0.29) is 0 Å². The van der Waals surface area contributed by atoms with Crippen molar-refractivity contribution in [2.75, 3.05) is 0 Å². The predicted molar refractivity (Wildman–Crippen MR) is 41.5 cm³/mol. The lowest BCUT2D eigenvalue weighted by molar-refractivity contribution is 0.771. The first-order valence-electron chi connectivity index (χ1n) is 2.13. The van der Waals surface area contributed by atoms with Crippen molar-refractivity contribution in [1.82, 2.24) is 5.32 Å². The summed E-state index contributed by atoms with van der Waals surface area (Å²) in [6, 6.07) is 0. The van der Waals surface area contributed by atoms with Crippen LogP contribution in [-0.4, -0.2) is 10.5 Å². The van der Waals surface area contributed by atoms with Crippen LogP contribution in [0.15, 0.2) is 17.3 Å². The van der Waals surface area contributed by atoms with E-state index in [1.54, 1.807) is 18.5 Å². The highest BCUT2D eigenvalue weighted by Gasteiger charge is 2.14. The van der Waals surface area contributed by atoms with Crippen molar-refractivity contribution in [1.29, 1.82) is 0 Å². The van der Waals surface area contributed by atoms with Crippen LogP contribution < -0.4 is 5.32 Å². The molecule has 2 nitrogen and oxygen atoms in total. The molecule has 1 aliphatic heterocycles. The molecule has 8 heavy (non-hydrogen) atoms. The summed E-state index contributed by atoms with van der Waals surface area (Å²) in [5.41, 5.74) is 0. The summed E-state index contributed by atoms with van der Waals surface area (Å²) in [6.45, 7) is 0. The van der Waals surface area contributed by atoms with Crippen LogP contribution >= 0.6 is 25.3 Å². The van der Waals surface area contributed by atoms with Gasteiger partial charge in [0.1, 0.15) is 0 Å². The first-order chi connectivity index (χ1) is 3.71. The minimum absolute atomic E-state index is 0.700. The maximum atomic E-state index is 4.02. The number of rotatable bonds is 0. The maximum absolute atomic E-state index is 4.02. The summed E-state index contributed by atoms with van der Waals surface area (Å²) in [6.07, 6.45) is 5.17. The van der Waals surface area contributed by atoms with E-state index < -0.39 is 4.33 Å². The van der Waals surface area contributed by atoms with Gasteiger partial charge < -0.3 is 5.32 Å². The van der Waals surface area contributed by atoms with Crippen LogP contribution in [0.3, 0.4) is 0 Å². The number of thiol groups is 2. The minimum Gasteiger partial charge on any atom is -0.351 e. The molecule has 0 atom stereocenters. The molecule has 0 saturated carbocycles. The molecule has 0 spiro atoms. The highest BCUT2D eigenvalue weighted by atomic mass is 32.2. The molecule has 44 valence electrons. The van der Waals surface area contributed by atoms with Gasteiger partial charge in [-0.05, 0) is 6.08 Å². The Labute approximate surface area is 58.9 Å². The molecule has 0 radical (unpaired) electrons. The quantitative estimate of drug-likeness (QED) is 0.339. The third-order valence-electron chi connectivity index (χ3n) is 0.714. The Morgan fingerprint density at radius 2 is 2.25 bits per heavy atom. The van der Waals surface area contributed by atoms with E-state index in [0.717, 1.165) is 0 Å². The summed E-state index contributed by atoms with van der Waals surface area (Å²) >= 11 is 8.04. The van der Waals surface area contributed by atoms with Gasteiger partial charge in [-0.2, -0.15) is 0 Å². The zero-order valence-corrected chi connectivity index (χ0v) is 5.86. The molecule has 1 heterocycles. The third kappa shape index (κ3) is 1.45. The monoisotopic (exact) mass is 146 g/mol. The third-order valence-corrected chi connectivity index (χ3v) is 1.20. The Hall–Kier alpha value is -0.0900. The van der Waals surface area contributed by atoms with Gasteiger partial charge in [-0.3, -0.25) is 0 Å². The number of nitrogens with one attached hydrogen (secondary N) is 1. The Morgan fingerprint density at radius 3 is 2.50 bits per heavy atom. The molecular formula is C4H6N2S2. The van der Waals surface area contributed by atoms with Crippen molar-refractivity contribution in [3.05, 3.63) is 12.3 Å². The van der Waals surface area contributed by atoms with Gasteiger partial charge in [0.15, 0.2) is 0 Å². The summed E-state index contributed by atoms with van der Waals surface area (Å²) < 4.78 is -0.700. The summed E-state index contributed by atoms with van der Waals surface area (Å²) in [5, 5.41) is 2.81. The van der Waals surface area contributed by atoms with Crippen LogP contribution in [0.5, 0.6) is 0 Å². The zero-order chi connectivity index (χ0) is 6.04. The van der Waals surface area contributed by atoms with Crippen LogP contribution in [0.25, 0.3) is 0 Å². The van der Waals surface area contributed by atoms with Crippen molar-refractivity contribution < 1.29 is 0 Å². The normalized spacial score (nSPS) is 22.8. The van der Waals surface area contributed by atoms with Crippen LogP contribution in [0.2, 0.25) is 0 Å². The van der Waals surface area contributed by atoms with Crippen molar-refractivity contribution in [3.8, 4) is 0 Å². The standard InChI is InChI=1S/C4H6N2S2/c7-4(8)5-2-1-3-6-4/h1-3,5,7-8H.